The molecule has 29 heavy (non-hydrogen) atoms. The van der Waals surface area contributed by atoms with Gasteiger partial charge in [0.05, 0.1) is 18.5 Å². The molecule has 7 nitrogen and oxygen atoms in total. The number of piperidine rings is 1. The lowest BCUT2D eigenvalue weighted by atomic mass is 9.89. The predicted octanol–water partition coefficient (Wildman–Crippen LogP) is 2.43. The minimum absolute atomic E-state index is 0.0516. The minimum Gasteiger partial charge on any atom is -0.347 e. The summed E-state index contributed by atoms with van der Waals surface area (Å²) in [6.07, 6.45) is 3.64. The number of fused-ring (bicyclic) bond motifs is 1. The van der Waals surface area contributed by atoms with Crippen molar-refractivity contribution in [3.8, 4) is 0 Å². The minimum atomic E-state index is -0.258. The van der Waals surface area contributed by atoms with Crippen LogP contribution in [-0.4, -0.2) is 40.7 Å². The smallest absolute Gasteiger partial charge is 0.252 e. The van der Waals surface area contributed by atoms with Crippen LogP contribution in [-0.2, 0) is 9.59 Å². The van der Waals surface area contributed by atoms with E-state index in [0.29, 0.717) is 18.7 Å². The van der Waals surface area contributed by atoms with Crippen molar-refractivity contribution < 1.29 is 14.4 Å². The molecule has 8 heteroatoms. The number of rotatable bonds is 5. The zero-order valence-corrected chi connectivity index (χ0v) is 17.1. The zero-order chi connectivity index (χ0) is 20.4. The number of nitrogens with zero attached hydrogens (tertiary/aromatic N) is 2. The average Bonchev–Trinajstić information content (AvgIpc) is 3.35. The van der Waals surface area contributed by atoms with E-state index in [4.69, 9.17) is 0 Å². The van der Waals surface area contributed by atoms with E-state index in [2.05, 4.69) is 15.6 Å². The SMILES string of the molecule is CC(=O)NC(c1nccs1)C1CCN(C(=O)CC2NC(=O)c3ccccc32)CC1. The van der Waals surface area contributed by atoms with Crippen molar-refractivity contribution in [2.75, 3.05) is 13.1 Å². The predicted molar refractivity (Wildman–Crippen MR) is 109 cm³/mol. The van der Waals surface area contributed by atoms with Gasteiger partial charge >= 0.3 is 0 Å². The van der Waals surface area contributed by atoms with Gasteiger partial charge in [-0.15, -0.1) is 11.3 Å². The van der Waals surface area contributed by atoms with Gasteiger partial charge in [-0.2, -0.15) is 0 Å². The van der Waals surface area contributed by atoms with E-state index in [1.807, 2.05) is 28.5 Å². The van der Waals surface area contributed by atoms with E-state index in [1.165, 1.54) is 6.92 Å². The number of hydrogen-bond acceptors (Lipinski definition) is 5. The zero-order valence-electron chi connectivity index (χ0n) is 16.3. The Bertz CT molecular complexity index is 906. The van der Waals surface area contributed by atoms with Crippen molar-refractivity contribution in [3.63, 3.8) is 0 Å². The van der Waals surface area contributed by atoms with Crippen LogP contribution in [0.4, 0.5) is 0 Å². The molecule has 0 spiro atoms. The first-order chi connectivity index (χ1) is 14.0. The summed E-state index contributed by atoms with van der Waals surface area (Å²) in [5, 5.41) is 8.77. The second-order valence-corrected chi connectivity index (χ2v) is 8.51. The van der Waals surface area contributed by atoms with Crippen LogP contribution in [0.3, 0.4) is 0 Å². The number of amides is 3. The highest BCUT2D eigenvalue weighted by molar-refractivity contribution is 7.09. The van der Waals surface area contributed by atoms with E-state index < -0.39 is 0 Å². The number of thiazole rings is 1. The van der Waals surface area contributed by atoms with Gasteiger partial charge in [0.2, 0.25) is 11.8 Å². The van der Waals surface area contributed by atoms with Crippen LogP contribution in [0.5, 0.6) is 0 Å². The first kappa shape index (κ1) is 19.6. The van der Waals surface area contributed by atoms with Gasteiger partial charge in [0.25, 0.3) is 5.91 Å². The van der Waals surface area contributed by atoms with Crippen LogP contribution in [0.2, 0.25) is 0 Å². The fourth-order valence-electron chi connectivity index (χ4n) is 4.26. The number of aromatic nitrogens is 1. The van der Waals surface area contributed by atoms with Crippen LogP contribution in [0, 0.1) is 5.92 Å². The maximum Gasteiger partial charge on any atom is 0.252 e. The number of carbonyl (C=O) groups excluding carboxylic acids is 3. The molecule has 4 rings (SSSR count). The maximum absolute atomic E-state index is 12.8. The fourth-order valence-corrected chi connectivity index (χ4v) is 5.04. The van der Waals surface area contributed by atoms with Crippen molar-refractivity contribution in [2.24, 2.45) is 5.92 Å². The third kappa shape index (κ3) is 4.17. The molecular weight excluding hydrogens is 388 g/mol. The van der Waals surface area contributed by atoms with E-state index in [9.17, 15) is 14.4 Å². The van der Waals surface area contributed by atoms with Gasteiger partial charge in [0.1, 0.15) is 5.01 Å². The van der Waals surface area contributed by atoms with Gasteiger partial charge in [-0.25, -0.2) is 4.98 Å². The molecular formula is C21H24N4O3S. The topological polar surface area (TPSA) is 91.4 Å². The first-order valence-corrected chi connectivity index (χ1v) is 10.7. The average molecular weight is 413 g/mol. The Hall–Kier alpha value is -2.74. The van der Waals surface area contributed by atoms with Crippen molar-refractivity contribution in [3.05, 3.63) is 52.0 Å². The molecule has 3 amide bonds. The molecule has 2 aliphatic heterocycles. The molecule has 2 aliphatic rings. The number of nitrogens with one attached hydrogen (secondary N) is 2. The van der Waals surface area contributed by atoms with Gasteiger partial charge in [-0.3, -0.25) is 14.4 Å². The summed E-state index contributed by atoms with van der Waals surface area (Å²) in [6.45, 7) is 2.81. The van der Waals surface area contributed by atoms with Gasteiger partial charge in [-0.1, -0.05) is 18.2 Å². The number of benzene rings is 1. The summed E-state index contributed by atoms with van der Waals surface area (Å²) >= 11 is 1.54. The molecule has 2 N–H and O–H groups in total. The molecule has 3 heterocycles. The van der Waals surface area contributed by atoms with Gasteiger partial charge in [0, 0.05) is 37.2 Å². The van der Waals surface area contributed by atoms with Crippen molar-refractivity contribution in [1.82, 2.24) is 20.5 Å². The molecule has 2 unspecified atom stereocenters. The van der Waals surface area contributed by atoms with Crippen LogP contribution >= 0.6 is 11.3 Å². The third-order valence-corrected chi connectivity index (χ3v) is 6.56. The molecule has 152 valence electrons. The number of carbonyl (C=O) groups is 3. The highest BCUT2D eigenvalue weighted by Crippen LogP contribution is 2.33. The highest BCUT2D eigenvalue weighted by atomic mass is 32.1. The summed E-state index contributed by atoms with van der Waals surface area (Å²) in [6, 6.07) is 7.06. The summed E-state index contributed by atoms with van der Waals surface area (Å²) in [5.74, 6) is 0.120. The lowest BCUT2D eigenvalue weighted by Gasteiger charge is -2.36. The quantitative estimate of drug-likeness (QED) is 0.789. The van der Waals surface area contributed by atoms with E-state index in [-0.39, 0.29) is 42.1 Å². The van der Waals surface area contributed by atoms with Gasteiger partial charge in [-0.05, 0) is 30.4 Å². The molecule has 2 atom stereocenters. The standard InChI is InChI=1S/C21H24N4O3S/c1-13(26)23-19(21-22-8-11-29-21)14-6-9-25(10-7-14)18(27)12-17-15-4-2-3-5-16(15)20(28)24-17/h2-5,8,11,14,17,19H,6-7,9-10,12H2,1H3,(H,23,26)(H,24,28). The molecule has 0 radical (unpaired) electrons. The van der Waals surface area contributed by atoms with Gasteiger partial charge in [0.15, 0.2) is 0 Å². The molecule has 0 aliphatic carbocycles. The first-order valence-electron chi connectivity index (χ1n) is 9.87. The monoisotopic (exact) mass is 412 g/mol. The Morgan fingerprint density at radius 3 is 2.76 bits per heavy atom. The molecule has 1 aromatic carbocycles. The molecule has 1 saturated heterocycles. The largest absolute Gasteiger partial charge is 0.347 e. The molecule has 0 saturated carbocycles. The van der Waals surface area contributed by atoms with E-state index in [1.54, 1.807) is 23.6 Å². The Balaban J connectivity index is 1.36. The molecule has 1 fully saturated rings. The Labute approximate surface area is 173 Å². The molecule has 1 aromatic heterocycles. The molecule has 2 aromatic rings. The number of likely N-dealkylation sites (tertiary alicyclic amines) is 1. The number of hydrogen-bond donors (Lipinski definition) is 2. The van der Waals surface area contributed by atoms with Gasteiger partial charge < -0.3 is 15.5 Å². The summed E-state index contributed by atoms with van der Waals surface area (Å²) in [7, 11) is 0. The van der Waals surface area contributed by atoms with E-state index >= 15 is 0 Å². The van der Waals surface area contributed by atoms with Crippen LogP contribution in [0.15, 0.2) is 35.8 Å². The lowest BCUT2D eigenvalue weighted by molar-refractivity contribution is -0.133. The van der Waals surface area contributed by atoms with Crippen LogP contribution in [0.25, 0.3) is 0 Å². The molecule has 0 bridgehead atoms. The lowest BCUT2D eigenvalue weighted by Crippen LogP contribution is -2.43. The third-order valence-electron chi connectivity index (χ3n) is 5.70. The summed E-state index contributed by atoms with van der Waals surface area (Å²) in [4.78, 5) is 42.8. The normalized spacial score (nSPS) is 20.1. The van der Waals surface area contributed by atoms with Crippen LogP contribution < -0.4 is 10.6 Å². The fraction of sp³-hybridized carbons (Fsp3) is 0.429. The van der Waals surface area contributed by atoms with Crippen molar-refractivity contribution >= 4 is 29.1 Å². The van der Waals surface area contributed by atoms with Crippen LogP contribution in [0.1, 0.15) is 59.2 Å². The Morgan fingerprint density at radius 2 is 2.07 bits per heavy atom. The van der Waals surface area contributed by atoms with E-state index in [0.717, 1.165) is 23.4 Å². The maximum atomic E-state index is 12.8. The van der Waals surface area contributed by atoms with Crippen molar-refractivity contribution in [2.45, 2.75) is 38.3 Å². The Kier molecular flexibility index (Phi) is 5.62. The summed E-state index contributed by atoms with van der Waals surface area (Å²) in [5.41, 5.74) is 1.56. The van der Waals surface area contributed by atoms with Crippen molar-refractivity contribution in [1.29, 1.82) is 0 Å². The Morgan fingerprint density at radius 1 is 1.31 bits per heavy atom. The second kappa shape index (κ2) is 8.32. The second-order valence-electron chi connectivity index (χ2n) is 7.58. The highest BCUT2D eigenvalue weighted by Gasteiger charge is 2.34. The summed E-state index contributed by atoms with van der Waals surface area (Å²) < 4.78 is 0.